The lowest BCUT2D eigenvalue weighted by Gasteiger charge is -2.17. The van der Waals surface area contributed by atoms with E-state index in [1.54, 1.807) is 0 Å². The van der Waals surface area contributed by atoms with Crippen molar-refractivity contribution in [3.8, 4) is 0 Å². The third-order valence-corrected chi connectivity index (χ3v) is 3.50. The highest BCUT2D eigenvalue weighted by molar-refractivity contribution is 5.76. The molecule has 1 saturated carbocycles. The lowest BCUT2D eigenvalue weighted by atomic mass is 10.0. The number of carbonyl (C=O) groups excluding carboxylic acids is 1. The van der Waals surface area contributed by atoms with Gasteiger partial charge in [-0.05, 0) is 25.2 Å². The zero-order valence-electron chi connectivity index (χ0n) is 10.5. The molecule has 3 heteroatoms. The van der Waals surface area contributed by atoms with Crippen molar-refractivity contribution < 1.29 is 4.79 Å². The summed E-state index contributed by atoms with van der Waals surface area (Å²) in [5.74, 6) is 0.836. The van der Waals surface area contributed by atoms with Gasteiger partial charge in [0.2, 0.25) is 5.91 Å². The Morgan fingerprint density at radius 3 is 2.69 bits per heavy atom. The van der Waals surface area contributed by atoms with Crippen LogP contribution in [-0.2, 0) is 4.79 Å². The van der Waals surface area contributed by atoms with Crippen LogP contribution in [0.25, 0.3) is 0 Å². The monoisotopic (exact) mass is 226 g/mol. The van der Waals surface area contributed by atoms with E-state index in [0.717, 1.165) is 19.3 Å². The molecule has 0 aliphatic heterocycles. The van der Waals surface area contributed by atoms with Gasteiger partial charge < -0.3 is 11.1 Å². The van der Waals surface area contributed by atoms with Crippen molar-refractivity contribution in [2.24, 2.45) is 11.7 Å². The summed E-state index contributed by atoms with van der Waals surface area (Å²) in [6.45, 7) is 2.73. The van der Waals surface area contributed by atoms with Gasteiger partial charge in [-0.25, -0.2) is 0 Å². The van der Waals surface area contributed by atoms with Crippen LogP contribution in [0.4, 0.5) is 0 Å². The van der Waals surface area contributed by atoms with Gasteiger partial charge in [-0.3, -0.25) is 4.79 Å². The first-order valence-corrected chi connectivity index (χ1v) is 6.75. The highest BCUT2D eigenvalue weighted by Crippen LogP contribution is 2.27. The van der Waals surface area contributed by atoms with Gasteiger partial charge in [0, 0.05) is 19.0 Å². The third kappa shape index (κ3) is 4.97. The second-order valence-electron chi connectivity index (χ2n) is 5.00. The van der Waals surface area contributed by atoms with Crippen LogP contribution in [0.3, 0.4) is 0 Å². The van der Waals surface area contributed by atoms with Gasteiger partial charge in [0.1, 0.15) is 0 Å². The van der Waals surface area contributed by atoms with Gasteiger partial charge >= 0.3 is 0 Å². The van der Waals surface area contributed by atoms with Crippen LogP contribution >= 0.6 is 0 Å². The minimum Gasteiger partial charge on any atom is -0.352 e. The Kier molecular flexibility index (Phi) is 6.46. The van der Waals surface area contributed by atoms with Crippen molar-refractivity contribution in [1.82, 2.24) is 5.32 Å². The van der Waals surface area contributed by atoms with Crippen molar-refractivity contribution in [2.45, 2.75) is 64.3 Å². The number of rotatable bonds is 7. The summed E-state index contributed by atoms with van der Waals surface area (Å²) < 4.78 is 0. The zero-order chi connectivity index (χ0) is 11.8. The van der Waals surface area contributed by atoms with Gasteiger partial charge in [-0.15, -0.1) is 0 Å². The van der Waals surface area contributed by atoms with Gasteiger partial charge in [-0.2, -0.15) is 0 Å². The molecular weight excluding hydrogens is 200 g/mol. The Hall–Kier alpha value is -0.570. The fourth-order valence-electron chi connectivity index (χ4n) is 2.46. The van der Waals surface area contributed by atoms with Crippen LogP contribution in [0.1, 0.15) is 58.3 Å². The van der Waals surface area contributed by atoms with E-state index in [0.29, 0.717) is 18.9 Å². The van der Waals surface area contributed by atoms with Gasteiger partial charge in [0.15, 0.2) is 0 Å². The maximum absolute atomic E-state index is 11.8. The van der Waals surface area contributed by atoms with Gasteiger partial charge in [-0.1, -0.05) is 32.6 Å². The molecule has 1 aliphatic carbocycles. The van der Waals surface area contributed by atoms with E-state index >= 15 is 0 Å². The molecule has 0 spiro atoms. The van der Waals surface area contributed by atoms with Gasteiger partial charge in [0.05, 0.1) is 0 Å². The van der Waals surface area contributed by atoms with E-state index in [1.165, 1.54) is 25.7 Å². The molecule has 0 radical (unpaired) electrons. The van der Waals surface area contributed by atoms with Crippen molar-refractivity contribution in [2.75, 3.05) is 6.54 Å². The number of nitrogens with one attached hydrogen (secondary N) is 1. The molecule has 1 aliphatic rings. The standard InChI is InChI=1S/C13H26N2O/c1-2-3-8-12(10-14)15-13(16)9-11-6-4-5-7-11/h11-12H,2-10,14H2,1H3,(H,15,16). The topological polar surface area (TPSA) is 55.1 Å². The number of amides is 1. The van der Waals surface area contributed by atoms with E-state index in [2.05, 4.69) is 12.2 Å². The van der Waals surface area contributed by atoms with E-state index in [-0.39, 0.29) is 11.9 Å². The Morgan fingerprint density at radius 1 is 1.44 bits per heavy atom. The molecule has 94 valence electrons. The molecule has 0 bridgehead atoms. The molecule has 1 atom stereocenters. The molecule has 1 unspecified atom stereocenters. The van der Waals surface area contributed by atoms with E-state index < -0.39 is 0 Å². The number of carbonyl (C=O) groups is 1. The molecule has 0 aromatic carbocycles. The number of hydrogen-bond donors (Lipinski definition) is 2. The second kappa shape index (κ2) is 7.66. The van der Waals surface area contributed by atoms with Crippen LogP contribution in [0.2, 0.25) is 0 Å². The Labute approximate surface area is 99.2 Å². The molecule has 0 heterocycles. The first-order chi connectivity index (χ1) is 7.76. The van der Waals surface area contributed by atoms with Crippen LogP contribution in [0.15, 0.2) is 0 Å². The Morgan fingerprint density at radius 2 is 2.12 bits per heavy atom. The van der Waals surface area contributed by atoms with E-state index in [9.17, 15) is 4.79 Å². The molecule has 16 heavy (non-hydrogen) atoms. The summed E-state index contributed by atoms with van der Waals surface area (Å²) in [5, 5.41) is 3.06. The van der Waals surface area contributed by atoms with Crippen molar-refractivity contribution in [3.05, 3.63) is 0 Å². The quantitative estimate of drug-likeness (QED) is 0.699. The fourth-order valence-corrected chi connectivity index (χ4v) is 2.46. The summed E-state index contributed by atoms with van der Waals surface area (Å²) >= 11 is 0. The van der Waals surface area contributed by atoms with E-state index in [1.807, 2.05) is 0 Å². The zero-order valence-corrected chi connectivity index (χ0v) is 10.5. The highest BCUT2D eigenvalue weighted by atomic mass is 16.1. The summed E-state index contributed by atoms with van der Waals surface area (Å²) in [5.41, 5.74) is 5.66. The average Bonchev–Trinajstić information content (AvgIpc) is 2.76. The van der Waals surface area contributed by atoms with Crippen molar-refractivity contribution in [3.63, 3.8) is 0 Å². The summed E-state index contributed by atoms with van der Waals surface area (Å²) in [4.78, 5) is 11.8. The number of nitrogens with two attached hydrogens (primary N) is 1. The maximum atomic E-state index is 11.8. The highest BCUT2D eigenvalue weighted by Gasteiger charge is 2.19. The van der Waals surface area contributed by atoms with Crippen LogP contribution in [-0.4, -0.2) is 18.5 Å². The second-order valence-corrected chi connectivity index (χ2v) is 5.00. The largest absolute Gasteiger partial charge is 0.352 e. The molecule has 0 saturated heterocycles. The normalized spacial score (nSPS) is 18.6. The predicted octanol–water partition coefficient (Wildman–Crippen LogP) is 2.20. The molecule has 1 amide bonds. The Bertz CT molecular complexity index is 200. The van der Waals surface area contributed by atoms with Crippen molar-refractivity contribution >= 4 is 5.91 Å². The fraction of sp³-hybridized carbons (Fsp3) is 0.923. The molecule has 0 aromatic heterocycles. The maximum Gasteiger partial charge on any atom is 0.220 e. The van der Waals surface area contributed by atoms with Gasteiger partial charge in [0.25, 0.3) is 0 Å². The number of hydrogen-bond acceptors (Lipinski definition) is 2. The van der Waals surface area contributed by atoms with Crippen molar-refractivity contribution in [1.29, 1.82) is 0 Å². The molecule has 1 fully saturated rings. The van der Waals surface area contributed by atoms with Crippen LogP contribution in [0.5, 0.6) is 0 Å². The van der Waals surface area contributed by atoms with E-state index in [4.69, 9.17) is 5.73 Å². The first kappa shape index (κ1) is 13.5. The molecule has 0 aromatic rings. The first-order valence-electron chi connectivity index (χ1n) is 6.75. The molecule has 1 rings (SSSR count). The lowest BCUT2D eigenvalue weighted by Crippen LogP contribution is -2.40. The summed E-state index contributed by atoms with van der Waals surface area (Å²) in [6, 6.07) is 0.189. The minimum absolute atomic E-state index is 0.189. The smallest absolute Gasteiger partial charge is 0.220 e. The summed E-state index contributed by atoms with van der Waals surface area (Å²) in [6.07, 6.45) is 9.10. The average molecular weight is 226 g/mol. The third-order valence-electron chi connectivity index (χ3n) is 3.50. The molecular formula is C13H26N2O. The minimum atomic E-state index is 0.189. The van der Waals surface area contributed by atoms with Crippen LogP contribution in [0, 0.1) is 5.92 Å². The summed E-state index contributed by atoms with van der Waals surface area (Å²) in [7, 11) is 0. The Balaban J connectivity index is 2.19. The molecule has 3 N–H and O–H groups in total. The molecule has 3 nitrogen and oxygen atoms in total. The van der Waals surface area contributed by atoms with Crippen LogP contribution < -0.4 is 11.1 Å². The number of unbranched alkanes of at least 4 members (excludes halogenated alkanes) is 1. The predicted molar refractivity (Wildman–Crippen MR) is 67.1 cm³/mol. The lowest BCUT2D eigenvalue weighted by molar-refractivity contribution is -0.122. The SMILES string of the molecule is CCCCC(CN)NC(=O)CC1CCCC1.